The van der Waals surface area contributed by atoms with Gasteiger partial charge in [0.05, 0.1) is 6.10 Å². The van der Waals surface area contributed by atoms with E-state index >= 15 is 0 Å². The standard InChI is InChI=1S/C18H36N2O/c1-15(13-19-14-17-8-6-12-21-17)20-10-5-7-16(9-11-20)18(2,3)4/h15-17,19H,5-14H2,1-4H3. The van der Waals surface area contributed by atoms with Gasteiger partial charge in [-0.25, -0.2) is 0 Å². The summed E-state index contributed by atoms with van der Waals surface area (Å²) in [7, 11) is 0. The second-order valence-corrected chi connectivity index (χ2v) is 8.17. The molecule has 0 amide bonds. The normalized spacial score (nSPS) is 30.3. The van der Waals surface area contributed by atoms with Gasteiger partial charge in [-0.3, -0.25) is 4.90 Å². The molecule has 3 nitrogen and oxygen atoms in total. The Balaban J connectivity index is 1.68. The first-order valence-corrected chi connectivity index (χ1v) is 9.03. The molecule has 124 valence electrons. The molecule has 2 rings (SSSR count). The van der Waals surface area contributed by atoms with Gasteiger partial charge < -0.3 is 10.1 Å². The Morgan fingerprint density at radius 2 is 1.95 bits per heavy atom. The van der Waals surface area contributed by atoms with Crippen LogP contribution in [0.2, 0.25) is 0 Å². The van der Waals surface area contributed by atoms with Gasteiger partial charge in [0.25, 0.3) is 0 Å². The molecule has 0 aromatic heterocycles. The molecule has 0 aromatic carbocycles. The van der Waals surface area contributed by atoms with Crippen LogP contribution in [0.5, 0.6) is 0 Å². The van der Waals surface area contributed by atoms with Gasteiger partial charge in [0, 0.05) is 25.7 Å². The van der Waals surface area contributed by atoms with Crippen molar-refractivity contribution in [1.82, 2.24) is 10.2 Å². The van der Waals surface area contributed by atoms with Crippen LogP contribution in [0.3, 0.4) is 0 Å². The first-order valence-electron chi connectivity index (χ1n) is 9.03. The second-order valence-electron chi connectivity index (χ2n) is 8.17. The monoisotopic (exact) mass is 296 g/mol. The molecule has 1 N–H and O–H groups in total. The number of hydrogen-bond donors (Lipinski definition) is 1. The molecule has 2 aliphatic rings. The minimum Gasteiger partial charge on any atom is -0.377 e. The number of rotatable bonds is 5. The summed E-state index contributed by atoms with van der Waals surface area (Å²) in [4.78, 5) is 2.69. The molecule has 21 heavy (non-hydrogen) atoms. The van der Waals surface area contributed by atoms with Crippen molar-refractivity contribution in [2.75, 3.05) is 32.8 Å². The van der Waals surface area contributed by atoms with Crippen LogP contribution in [0.15, 0.2) is 0 Å². The summed E-state index contributed by atoms with van der Waals surface area (Å²) < 4.78 is 5.68. The third kappa shape index (κ3) is 5.54. The quantitative estimate of drug-likeness (QED) is 0.842. The van der Waals surface area contributed by atoms with Crippen molar-refractivity contribution in [2.45, 2.75) is 71.9 Å². The lowest BCUT2D eigenvalue weighted by Crippen LogP contribution is -2.42. The minimum atomic E-state index is 0.464. The molecule has 3 unspecified atom stereocenters. The fourth-order valence-electron chi connectivity index (χ4n) is 3.81. The van der Waals surface area contributed by atoms with Gasteiger partial charge in [-0.15, -0.1) is 0 Å². The van der Waals surface area contributed by atoms with E-state index in [1.807, 2.05) is 0 Å². The summed E-state index contributed by atoms with van der Waals surface area (Å²) in [6, 6.07) is 0.644. The van der Waals surface area contributed by atoms with Crippen LogP contribution in [0, 0.1) is 11.3 Å². The van der Waals surface area contributed by atoms with E-state index in [0.717, 1.165) is 25.6 Å². The highest BCUT2D eigenvalue weighted by atomic mass is 16.5. The maximum Gasteiger partial charge on any atom is 0.0700 e. The maximum atomic E-state index is 5.68. The minimum absolute atomic E-state index is 0.464. The lowest BCUT2D eigenvalue weighted by molar-refractivity contribution is 0.107. The second kappa shape index (κ2) is 7.94. The zero-order valence-electron chi connectivity index (χ0n) is 14.7. The largest absolute Gasteiger partial charge is 0.377 e. The van der Waals surface area contributed by atoms with Gasteiger partial charge in [-0.1, -0.05) is 20.8 Å². The number of likely N-dealkylation sites (tertiary alicyclic amines) is 1. The van der Waals surface area contributed by atoms with Gasteiger partial charge in [0.2, 0.25) is 0 Å². The molecular formula is C18H36N2O. The zero-order valence-corrected chi connectivity index (χ0v) is 14.7. The average Bonchev–Trinajstić information content (AvgIpc) is 2.79. The van der Waals surface area contributed by atoms with Crippen LogP contribution in [0.4, 0.5) is 0 Å². The topological polar surface area (TPSA) is 24.5 Å². The van der Waals surface area contributed by atoms with E-state index in [4.69, 9.17) is 4.74 Å². The van der Waals surface area contributed by atoms with Crippen LogP contribution in [0.25, 0.3) is 0 Å². The average molecular weight is 296 g/mol. The third-order valence-corrected chi connectivity index (χ3v) is 5.45. The number of hydrogen-bond acceptors (Lipinski definition) is 3. The van der Waals surface area contributed by atoms with Crippen LogP contribution >= 0.6 is 0 Å². The Hall–Kier alpha value is -0.120. The summed E-state index contributed by atoms with van der Waals surface area (Å²) in [5, 5.41) is 3.62. The summed E-state index contributed by atoms with van der Waals surface area (Å²) >= 11 is 0. The molecule has 2 heterocycles. The summed E-state index contributed by atoms with van der Waals surface area (Å²) in [6.45, 7) is 15.2. The molecule has 0 aromatic rings. The molecule has 3 atom stereocenters. The first kappa shape index (κ1) is 17.2. The highest BCUT2D eigenvalue weighted by Crippen LogP contribution is 2.34. The third-order valence-electron chi connectivity index (χ3n) is 5.45. The highest BCUT2D eigenvalue weighted by Gasteiger charge is 2.28. The van der Waals surface area contributed by atoms with Gasteiger partial charge in [-0.05, 0) is 63.5 Å². The van der Waals surface area contributed by atoms with Crippen molar-refractivity contribution >= 4 is 0 Å². The van der Waals surface area contributed by atoms with E-state index < -0.39 is 0 Å². The van der Waals surface area contributed by atoms with E-state index in [-0.39, 0.29) is 0 Å². The fraction of sp³-hybridized carbons (Fsp3) is 1.00. The van der Waals surface area contributed by atoms with Crippen LogP contribution in [-0.2, 0) is 4.74 Å². The Kier molecular flexibility index (Phi) is 6.51. The van der Waals surface area contributed by atoms with Gasteiger partial charge in [0.1, 0.15) is 0 Å². The lowest BCUT2D eigenvalue weighted by Gasteiger charge is -2.31. The van der Waals surface area contributed by atoms with Crippen molar-refractivity contribution in [3.63, 3.8) is 0 Å². The molecule has 2 saturated heterocycles. The summed E-state index contributed by atoms with van der Waals surface area (Å²) in [6.07, 6.45) is 7.06. The molecule has 2 aliphatic heterocycles. The fourth-order valence-corrected chi connectivity index (χ4v) is 3.81. The van der Waals surface area contributed by atoms with E-state index in [2.05, 4.69) is 37.9 Å². The molecule has 0 bridgehead atoms. The van der Waals surface area contributed by atoms with Crippen molar-refractivity contribution in [3.05, 3.63) is 0 Å². The molecule has 0 spiro atoms. The molecule has 2 fully saturated rings. The van der Waals surface area contributed by atoms with Crippen molar-refractivity contribution in [1.29, 1.82) is 0 Å². The van der Waals surface area contributed by atoms with E-state index in [9.17, 15) is 0 Å². The van der Waals surface area contributed by atoms with Gasteiger partial charge >= 0.3 is 0 Å². The Morgan fingerprint density at radius 3 is 2.62 bits per heavy atom. The number of nitrogens with zero attached hydrogens (tertiary/aromatic N) is 1. The predicted molar refractivity (Wildman–Crippen MR) is 89.7 cm³/mol. The Bertz CT molecular complexity index is 294. The van der Waals surface area contributed by atoms with E-state index in [1.54, 1.807) is 0 Å². The molecule has 0 aliphatic carbocycles. The summed E-state index contributed by atoms with van der Waals surface area (Å²) in [5.74, 6) is 0.884. The van der Waals surface area contributed by atoms with Crippen molar-refractivity contribution in [3.8, 4) is 0 Å². The van der Waals surface area contributed by atoms with Gasteiger partial charge in [-0.2, -0.15) is 0 Å². The Labute approximate surface area is 131 Å². The molecular weight excluding hydrogens is 260 g/mol. The van der Waals surface area contributed by atoms with E-state index in [1.165, 1.54) is 45.2 Å². The van der Waals surface area contributed by atoms with Crippen LogP contribution < -0.4 is 5.32 Å². The highest BCUT2D eigenvalue weighted by molar-refractivity contribution is 4.81. The molecule has 3 heteroatoms. The Morgan fingerprint density at radius 1 is 1.14 bits per heavy atom. The van der Waals surface area contributed by atoms with Gasteiger partial charge in [0.15, 0.2) is 0 Å². The lowest BCUT2D eigenvalue weighted by atomic mass is 9.77. The van der Waals surface area contributed by atoms with Crippen molar-refractivity contribution < 1.29 is 4.74 Å². The van der Waals surface area contributed by atoms with E-state index in [0.29, 0.717) is 17.6 Å². The SMILES string of the molecule is CC(CNCC1CCCO1)N1CCCC(C(C)(C)C)CC1. The molecule has 0 saturated carbocycles. The predicted octanol–water partition coefficient (Wildman–Crippen LogP) is 3.29. The molecule has 0 radical (unpaired) electrons. The maximum absolute atomic E-state index is 5.68. The van der Waals surface area contributed by atoms with Crippen LogP contribution in [-0.4, -0.2) is 49.8 Å². The zero-order chi connectivity index (χ0) is 15.3. The van der Waals surface area contributed by atoms with Crippen molar-refractivity contribution in [2.24, 2.45) is 11.3 Å². The van der Waals surface area contributed by atoms with Crippen LogP contribution in [0.1, 0.15) is 59.8 Å². The first-order chi connectivity index (χ1) is 9.97. The number of nitrogens with one attached hydrogen (secondary N) is 1. The summed E-state index contributed by atoms with van der Waals surface area (Å²) in [5.41, 5.74) is 0.470. The number of ether oxygens (including phenoxy) is 1. The smallest absolute Gasteiger partial charge is 0.0700 e.